The lowest BCUT2D eigenvalue weighted by Gasteiger charge is -2.37. The lowest BCUT2D eigenvalue weighted by Crippen LogP contribution is -2.41. The Morgan fingerprint density at radius 3 is 2.76 bits per heavy atom. The van der Waals surface area contributed by atoms with Crippen molar-refractivity contribution in [1.29, 1.82) is 0 Å². The van der Waals surface area contributed by atoms with Crippen molar-refractivity contribution in [1.82, 2.24) is 19.9 Å². The fraction of sp³-hybridized carbons (Fsp3) is 0.429. The summed E-state index contributed by atoms with van der Waals surface area (Å²) in [5.41, 5.74) is 1.99. The summed E-state index contributed by atoms with van der Waals surface area (Å²) in [5, 5.41) is 4.53. The lowest BCUT2D eigenvalue weighted by molar-refractivity contribution is 0.128. The number of anilines is 1. The van der Waals surface area contributed by atoms with E-state index in [1.165, 1.54) is 6.26 Å². The van der Waals surface area contributed by atoms with E-state index in [1.54, 1.807) is 18.5 Å². The monoisotopic (exact) mass is 413 g/mol. The molecule has 0 radical (unpaired) electrons. The van der Waals surface area contributed by atoms with Gasteiger partial charge in [0.05, 0.1) is 10.3 Å². The van der Waals surface area contributed by atoms with E-state index in [0.29, 0.717) is 16.7 Å². The molecule has 0 amide bonds. The number of H-pyrrole nitrogens is 1. The molecule has 3 aromatic rings. The van der Waals surface area contributed by atoms with Crippen molar-refractivity contribution in [2.24, 2.45) is 11.8 Å². The van der Waals surface area contributed by atoms with Gasteiger partial charge in [0.2, 0.25) is 0 Å². The van der Waals surface area contributed by atoms with Crippen molar-refractivity contribution in [2.45, 2.75) is 24.8 Å². The molecule has 0 spiro atoms. The minimum Gasteiger partial charge on any atom is -0.369 e. The highest BCUT2D eigenvalue weighted by molar-refractivity contribution is 7.90. The lowest BCUT2D eigenvalue weighted by atomic mass is 9.86. The molecule has 0 bridgehead atoms. The van der Waals surface area contributed by atoms with Gasteiger partial charge < -0.3 is 10.3 Å². The molecule has 1 aliphatic heterocycles. The third-order valence-corrected chi connectivity index (χ3v) is 6.97. The van der Waals surface area contributed by atoms with Crippen LogP contribution in [-0.2, 0) is 16.4 Å². The van der Waals surface area contributed by atoms with Crippen molar-refractivity contribution in [3.8, 4) is 0 Å². The van der Waals surface area contributed by atoms with Crippen LogP contribution in [0.2, 0.25) is 0 Å². The predicted molar refractivity (Wildman–Crippen MR) is 114 cm³/mol. The average Bonchev–Trinajstić information content (AvgIpc) is 3.17. The van der Waals surface area contributed by atoms with Crippen molar-refractivity contribution in [2.75, 3.05) is 31.2 Å². The molecule has 1 saturated heterocycles. The zero-order valence-electron chi connectivity index (χ0n) is 16.8. The summed E-state index contributed by atoms with van der Waals surface area (Å²) in [6, 6.07) is 9.24. The van der Waals surface area contributed by atoms with Gasteiger partial charge in [0.25, 0.3) is 0 Å². The Morgan fingerprint density at radius 2 is 2.00 bits per heavy atom. The smallest absolute Gasteiger partial charge is 0.175 e. The highest BCUT2D eigenvalue weighted by Gasteiger charge is 2.26. The minimum absolute atomic E-state index is 0.372. The molecule has 1 aromatic carbocycles. The summed E-state index contributed by atoms with van der Waals surface area (Å²) in [6.07, 6.45) is 5.85. The van der Waals surface area contributed by atoms with Gasteiger partial charge in [-0.1, -0.05) is 19.1 Å². The number of nitrogens with zero attached hydrogens (tertiary/aromatic N) is 3. The zero-order chi connectivity index (χ0) is 20.4. The molecule has 0 aliphatic carbocycles. The van der Waals surface area contributed by atoms with Crippen LogP contribution in [0.15, 0.2) is 47.8 Å². The first-order valence-corrected chi connectivity index (χ1v) is 11.8. The van der Waals surface area contributed by atoms with Gasteiger partial charge in [-0.3, -0.25) is 4.90 Å². The molecular weight excluding hydrogens is 386 g/mol. The molecule has 1 aliphatic rings. The third kappa shape index (κ3) is 4.59. The van der Waals surface area contributed by atoms with Gasteiger partial charge in [-0.25, -0.2) is 18.4 Å². The maximum atomic E-state index is 11.6. The van der Waals surface area contributed by atoms with E-state index < -0.39 is 9.84 Å². The van der Waals surface area contributed by atoms with E-state index in [1.807, 2.05) is 24.4 Å². The third-order valence-electron chi connectivity index (χ3n) is 5.84. The van der Waals surface area contributed by atoms with E-state index in [9.17, 15) is 8.42 Å². The van der Waals surface area contributed by atoms with Crippen LogP contribution in [0.4, 0.5) is 5.82 Å². The maximum absolute atomic E-state index is 11.6. The number of hydrogen-bond donors (Lipinski definition) is 2. The maximum Gasteiger partial charge on any atom is 0.175 e. The van der Waals surface area contributed by atoms with Gasteiger partial charge in [0.15, 0.2) is 9.84 Å². The van der Waals surface area contributed by atoms with Gasteiger partial charge in [-0.15, -0.1) is 0 Å². The number of aromatic nitrogens is 3. The van der Waals surface area contributed by atoms with E-state index in [0.717, 1.165) is 55.0 Å². The van der Waals surface area contributed by atoms with E-state index in [2.05, 4.69) is 32.1 Å². The quantitative estimate of drug-likeness (QED) is 0.646. The molecular formula is C21H27N5O2S. The van der Waals surface area contributed by atoms with E-state index in [-0.39, 0.29) is 0 Å². The number of piperidine rings is 1. The van der Waals surface area contributed by atoms with Crippen LogP contribution in [0.25, 0.3) is 11.0 Å². The second kappa shape index (κ2) is 8.12. The fourth-order valence-electron chi connectivity index (χ4n) is 3.98. The SMILES string of the molecule is CC1CCN(Cc2ccc(S(C)(=O)=O)cc2)CC1CNc1ncnc2[nH]ccc12. The molecule has 0 saturated carbocycles. The summed E-state index contributed by atoms with van der Waals surface area (Å²) >= 11 is 0. The Labute approximate surface area is 171 Å². The standard InChI is InChI=1S/C21H27N5O2S/c1-15-8-10-26(12-16-3-5-18(6-4-16)29(2,27)28)13-17(15)11-23-21-19-7-9-22-20(19)24-14-25-21/h3-7,9,14-15,17H,8,10-13H2,1-2H3,(H2,22,23,24,25). The predicted octanol–water partition coefficient (Wildman–Crippen LogP) is 2.93. The number of rotatable bonds is 6. The van der Waals surface area contributed by atoms with Crippen LogP contribution >= 0.6 is 0 Å². The van der Waals surface area contributed by atoms with Crippen molar-refractivity contribution in [3.05, 3.63) is 48.4 Å². The largest absolute Gasteiger partial charge is 0.369 e. The van der Waals surface area contributed by atoms with Crippen LogP contribution < -0.4 is 5.32 Å². The van der Waals surface area contributed by atoms with Crippen LogP contribution in [-0.4, -0.2) is 54.2 Å². The Balaban J connectivity index is 1.38. The molecule has 4 rings (SSSR count). The number of likely N-dealkylation sites (tertiary alicyclic amines) is 1. The first kappa shape index (κ1) is 19.8. The summed E-state index contributed by atoms with van der Waals surface area (Å²) in [6.45, 7) is 6.08. The van der Waals surface area contributed by atoms with Gasteiger partial charge >= 0.3 is 0 Å². The summed E-state index contributed by atoms with van der Waals surface area (Å²) in [4.78, 5) is 14.6. The second-order valence-corrected chi connectivity index (χ2v) is 10.0. The average molecular weight is 414 g/mol. The number of fused-ring (bicyclic) bond motifs is 1. The number of nitrogens with one attached hydrogen (secondary N) is 2. The van der Waals surface area contributed by atoms with Crippen molar-refractivity contribution < 1.29 is 8.42 Å². The molecule has 29 heavy (non-hydrogen) atoms. The Hall–Kier alpha value is -2.45. The van der Waals surface area contributed by atoms with E-state index >= 15 is 0 Å². The van der Waals surface area contributed by atoms with Gasteiger partial charge in [-0.2, -0.15) is 0 Å². The molecule has 2 aromatic heterocycles. The highest BCUT2D eigenvalue weighted by atomic mass is 32.2. The fourth-order valence-corrected chi connectivity index (χ4v) is 4.61. The highest BCUT2D eigenvalue weighted by Crippen LogP contribution is 2.26. The van der Waals surface area contributed by atoms with Gasteiger partial charge in [0.1, 0.15) is 17.8 Å². The van der Waals surface area contributed by atoms with Crippen LogP contribution in [0.5, 0.6) is 0 Å². The van der Waals surface area contributed by atoms with E-state index in [4.69, 9.17) is 0 Å². The normalized spacial score (nSPS) is 20.8. The van der Waals surface area contributed by atoms with Crippen molar-refractivity contribution >= 4 is 26.7 Å². The number of benzene rings is 1. The molecule has 154 valence electrons. The van der Waals surface area contributed by atoms with Crippen LogP contribution in [0.3, 0.4) is 0 Å². The van der Waals surface area contributed by atoms with Gasteiger partial charge in [-0.05, 0) is 48.6 Å². The Morgan fingerprint density at radius 1 is 1.21 bits per heavy atom. The first-order chi connectivity index (χ1) is 13.9. The molecule has 1 fully saturated rings. The van der Waals surface area contributed by atoms with Crippen molar-refractivity contribution in [3.63, 3.8) is 0 Å². The number of sulfone groups is 1. The molecule has 3 heterocycles. The Kier molecular flexibility index (Phi) is 5.56. The number of aromatic amines is 1. The summed E-state index contributed by atoms with van der Waals surface area (Å²) in [7, 11) is -3.15. The second-order valence-electron chi connectivity index (χ2n) is 8.02. The summed E-state index contributed by atoms with van der Waals surface area (Å²) < 4.78 is 23.3. The topological polar surface area (TPSA) is 91.0 Å². The molecule has 2 atom stereocenters. The van der Waals surface area contributed by atoms with Crippen LogP contribution in [0, 0.1) is 11.8 Å². The van der Waals surface area contributed by atoms with Crippen LogP contribution in [0.1, 0.15) is 18.9 Å². The minimum atomic E-state index is -3.15. The zero-order valence-corrected chi connectivity index (χ0v) is 17.6. The molecule has 8 heteroatoms. The summed E-state index contributed by atoms with van der Waals surface area (Å²) in [5.74, 6) is 2.02. The molecule has 2 N–H and O–H groups in total. The van der Waals surface area contributed by atoms with Gasteiger partial charge in [0, 0.05) is 32.1 Å². The molecule has 2 unspecified atom stereocenters. The number of hydrogen-bond acceptors (Lipinski definition) is 6. The Bertz CT molecular complexity index is 1080. The molecule has 7 nitrogen and oxygen atoms in total. The first-order valence-electron chi connectivity index (χ1n) is 9.93.